The van der Waals surface area contributed by atoms with E-state index in [0.717, 1.165) is 6.42 Å². The first-order valence-corrected chi connectivity index (χ1v) is 5.32. The molecule has 0 saturated heterocycles. The van der Waals surface area contributed by atoms with Crippen molar-refractivity contribution in [3.63, 3.8) is 0 Å². The van der Waals surface area contributed by atoms with Crippen molar-refractivity contribution in [2.75, 3.05) is 0 Å². The van der Waals surface area contributed by atoms with Crippen molar-refractivity contribution in [2.24, 2.45) is 5.92 Å². The molecule has 1 rings (SSSR count). The maximum atomic E-state index is 11.7. The molecule has 0 bridgehead atoms. The molecule has 0 aliphatic carbocycles. The number of nitro benzene ring substituents is 1. The van der Waals surface area contributed by atoms with Gasteiger partial charge in [0.05, 0.1) is 4.92 Å². The Hall–Kier alpha value is -1.71. The van der Waals surface area contributed by atoms with Crippen LogP contribution in [0.3, 0.4) is 0 Å². The second kappa shape index (κ2) is 5.39. The molecule has 0 radical (unpaired) electrons. The van der Waals surface area contributed by atoms with Crippen molar-refractivity contribution in [3.05, 3.63) is 39.9 Å². The van der Waals surface area contributed by atoms with Gasteiger partial charge in [-0.3, -0.25) is 14.9 Å². The average Bonchev–Trinajstić information content (AvgIpc) is 2.28. The van der Waals surface area contributed by atoms with E-state index in [1.54, 1.807) is 0 Å². The van der Waals surface area contributed by atoms with E-state index in [4.69, 9.17) is 0 Å². The first-order valence-electron chi connectivity index (χ1n) is 5.32. The molecule has 4 nitrogen and oxygen atoms in total. The van der Waals surface area contributed by atoms with Crippen molar-refractivity contribution >= 4 is 11.5 Å². The van der Waals surface area contributed by atoms with Crippen LogP contribution in [0.2, 0.25) is 0 Å². The molecule has 0 amide bonds. The standard InChI is InChI=1S/C12H15NO3/c1-3-9(2)8-12(14)10-4-6-11(7-5-10)13(15)16/h4-7,9H,3,8H2,1-2H3. The summed E-state index contributed by atoms with van der Waals surface area (Å²) in [7, 11) is 0. The molecule has 16 heavy (non-hydrogen) atoms. The number of nitrogens with zero attached hydrogens (tertiary/aromatic N) is 1. The maximum Gasteiger partial charge on any atom is 0.269 e. The third kappa shape index (κ3) is 3.15. The lowest BCUT2D eigenvalue weighted by molar-refractivity contribution is -0.384. The fourth-order valence-corrected chi connectivity index (χ4v) is 1.35. The molecule has 1 atom stereocenters. The fourth-order valence-electron chi connectivity index (χ4n) is 1.35. The van der Waals surface area contributed by atoms with Crippen LogP contribution >= 0.6 is 0 Å². The molecule has 1 unspecified atom stereocenters. The zero-order valence-corrected chi connectivity index (χ0v) is 9.47. The van der Waals surface area contributed by atoms with Crippen molar-refractivity contribution < 1.29 is 9.72 Å². The van der Waals surface area contributed by atoms with E-state index in [1.165, 1.54) is 24.3 Å². The quantitative estimate of drug-likeness (QED) is 0.435. The predicted molar refractivity (Wildman–Crippen MR) is 61.5 cm³/mol. The van der Waals surface area contributed by atoms with Gasteiger partial charge in [0, 0.05) is 24.1 Å². The van der Waals surface area contributed by atoms with Crippen LogP contribution in [0.1, 0.15) is 37.0 Å². The number of Topliss-reactive ketones (excluding diaryl/α,β-unsaturated/α-hetero) is 1. The molecule has 0 N–H and O–H groups in total. The zero-order chi connectivity index (χ0) is 12.1. The fraction of sp³-hybridized carbons (Fsp3) is 0.417. The number of hydrogen-bond donors (Lipinski definition) is 0. The second-order valence-electron chi connectivity index (χ2n) is 3.94. The molecule has 0 heterocycles. The van der Waals surface area contributed by atoms with Gasteiger partial charge in [-0.1, -0.05) is 20.3 Å². The smallest absolute Gasteiger partial charge is 0.269 e. The first-order chi connectivity index (χ1) is 7.54. The number of ketones is 1. The second-order valence-corrected chi connectivity index (χ2v) is 3.94. The van der Waals surface area contributed by atoms with Gasteiger partial charge in [-0.05, 0) is 18.1 Å². The molecule has 0 aliphatic heterocycles. The van der Waals surface area contributed by atoms with Gasteiger partial charge >= 0.3 is 0 Å². The van der Waals surface area contributed by atoms with Gasteiger partial charge in [0.1, 0.15) is 0 Å². The van der Waals surface area contributed by atoms with Gasteiger partial charge in [0.2, 0.25) is 0 Å². The normalized spacial score (nSPS) is 12.1. The number of carbonyl (C=O) groups is 1. The van der Waals surface area contributed by atoms with Crippen molar-refractivity contribution in [1.29, 1.82) is 0 Å². The number of hydrogen-bond acceptors (Lipinski definition) is 3. The van der Waals surface area contributed by atoms with Crippen LogP contribution in [-0.4, -0.2) is 10.7 Å². The van der Waals surface area contributed by atoms with E-state index in [1.807, 2.05) is 13.8 Å². The van der Waals surface area contributed by atoms with Crippen LogP contribution in [0.15, 0.2) is 24.3 Å². The lowest BCUT2D eigenvalue weighted by Crippen LogP contribution is -2.05. The summed E-state index contributed by atoms with van der Waals surface area (Å²) in [6.45, 7) is 4.05. The molecule has 86 valence electrons. The number of carbonyl (C=O) groups excluding carboxylic acids is 1. The van der Waals surface area contributed by atoms with E-state index in [0.29, 0.717) is 17.9 Å². The van der Waals surface area contributed by atoms with Gasteiger partial charge in [-0.2, -0.15) is 0 Å². The Morgan fingerprint density at radius 1 is 1.38 bits per heavy atom. The highest BCUT2D eigenvalue weighted by molar-refractivity contribution is 5.96. The summed E-state index contributed by atoms with van der Waals surface area (Å²) >= 11 is 0. The Balaban J connectivity index is 2.74. The SMILES string of the molecule is CCC(C)CC(=O)c1ccc([N+](=O)[O-])cc1. The molecule has 0 saturated carbocycles. The third-order valence-electron chi connectivity index (χ3n) is 2.63. The molecule has 1 aromatic carbocycles. The summed E-state index contributed by atoms with van der Waals surface area (Å²) in [4.78, 5) is 21.7. The maximum absolute atomic E-state index is 11.7. The Morgan fingerprint density at radius 2 is 1.94 bits per heavy atom. The largest absolute Gasteiger partial charge is 0.294 e. The van der Waals surface area contributed by atoms with Gasteiger partial charge in [0.15, 0.2) is 5.78 Å². The summed E-state index contributed by atoms with van der Waals surface area (Å²) in [5.41, 5.74) is 0.561. The Bertz CT molecular complexity index is 384. The van der Waals surface area contributed by atoms with Crippen LogP contribution in [0, 0.1) is 16.0 Å². The Morgan fingerprint density at radius 3 is 2.38 bits per heavy atom. The topological polar surface area (TPSA) is 60.2 Å². The summed E-state index contributed by atoms with van der Waals surface area (Å²) in [5.74, 6) is 0.395. The molecule has 0 aliphatic rings. The minimum Gasteiger partial charge on any atom is -0.294 e. The van der Waals surface area contributed by atoms with Crippen LogP contribution in [0.5, 0.6) is 0 Å². The lowest BCUT2D eigenvalue weighted by Gasteiger charge is -2.06. The summed E-state index contributed by atoms with van der Waals surface area (Å²) < 4.78 is 0. The van der Waals surface area contributed by atoms with Crippen LogP contribution in [0.4, 0.5) is 5.69 Å². The summed E-state index contributed by atoms with van der Waals surface area (Å²) in [6.07, 6.45) is 1.45. The molecular formula is C12H15NO3. The van der Waals surface area contributed by atoms with Gasteiger partial charge < -0.3 is 0 Å². The first kappa shape index (κ1) is 12.4. The average molecular weight is 221 g/mol. The molecule has 0 spiro atoms. The van der Waals surface area contributed by atoms with E-state index in [-0.39, 0.29) is 11.5 Å². The van der Waals surface area contributed by atoms with Gasteiger partial charge in [-0.25, -0.2) is 0 Å². The molecular weight excluding hydrogens is 206 g/mol. The highest BCUT2D eigenvalue weighted by Crippen LogP contribution is 2.16. The Kier molecular flexibility index (Phi) is 4.17. The number of non-ortho nitro benzene ring substituents is 1. The van der Waals surface area contributed by atoms with E-state index in [9.17, 15) is 14.9 Å². The van der Waals surface area contributed by atoms with E-state index < -0.39 is 4.92 Å². The molecule has 4 heteroatoms. The Labute approximate surface area is 94.4 Å². The summed E-state index contributed by atoms with van der Waals surface area (Å²) in [6, 6.07) is 5.76. The minimum atomic E-state index is -0.469. The minimum absolute atomic E-state index is 0.0140. The van der Waals surface area contributed by atoms with Crippen molar-refractivity contribution in [2.45, 2.75) is 26.7 Å². The predicted octanol–water partition coefficient (Wildman–Crippen LogP) is 3.21. The van der Waals surface area contributed by atoms with E-state index in [2.05, 4.69) is 0 Å². The van der Waals surface area contributed by atoms with Crippen LogP contribution in [0.25, 0.3) is 0 Å². The number of benzene rings is 1. The highest BCUT2D eigenvalue weighted by Gasteiger charge is 2.11. The highest BCUT2D eigenvalue weighted by atomic mass is 16.6. The van der Waals surface area contributed by atoms with Crippen molar-refractivity contribution in [3.8, 4) is 0 Å². The lowest BCUT2D eigenvalue weighted by atomic mass is 9.98. The molecule has 0 fully saturated rings. The van der Waals surface area contributed by atoms with E-state index >= 15 is 0 Å². The van der Waals surface area contributed by atoms with Crippen LogP contribution < -0.4 is 0 Å². The monoisotopic (exact) mass is 221 g/mol. The zero-order valence-electron chi connectivity index (χ0n) is 9.47. The van der Waals surface area contributed by atoms with Gasteiger partial charge in [0.25, 0.3) is 5.69 Å². The third-order valence-corrected chi connectivity index (χ3v) is 2.63. The number of rotatable bonds is 5. The van der Waals surface area contributed by atoms with Crippen molar-refractivity contribution in [1.82, 2.24) is 0 Å². The molecule has 1 aromatic rings. The molecule has 0 aromatic heterocycles. The van der Waals surface area contributed by atoms with Gasteiger partial charge in [-0.15, -0.1) is 0 Å². The van der Waals surface area contributed by atoms with Crippen LogP contribution in [-0.2, 0) is 0 Å². The summed E-state index contributed by atoms with van der Waals surface area (Å²) in [5, 5.41) is 10.4. The number of nitro groups is 1.